The molecular formula is C10H20N2O. The van der Waals surface area contributed by atoms with Crippen molar-refractivity contribution < 1.29 is 5.11 Å². The lowest BCUT2D eigenvalue weighted by Crippen LogP contribution is -2.67. The minimum absolute atomic E-state index is 0.0363. The Morgan fingerprint density at radius 1 is 1.46 bits per heavy atom. The maximum Gasteiger partial charge on any atom is 0.0610 e. The first kappa shape index (κ1) is 9.44. The molecule has 0 radical (unpaired) electrons. The Kier molecular flexibility index (Phi) is 2.34. The van der Waals surface area contributed by atoms with E-state index in [1.165, 1.54) is 12.8 Å². The van der Waals surface area contributed by atoms with Gasteiger partial charge in [0.05, 0.1) is 6.61 Å². The lowest BCUT2D eigenvalue weighted by Gasteiger charge is -2.52. The molecule has 3 nitrogen and oxygen atoms in total. The van der Waals surface area contributed by atoms with Gasteiger partial charge < -0.3 is 10.4 Å². The van der Waals surface area contributed by atoms with E-state index in [2.05, 4.69) is 24.1 Å². The molecule has 3 aliphatic rings. The molecule has 2 N–H and O–H groups in total. The van der Waals surface area contributed by atoms with Crippen LogP contribution in [0.3, 0.4) is 0 Å². The molecule has 3 fully saturated rings. The Bertz CT molecular complexity index is 185. The Morgan fingerprint density at radius 2 is 2.23 bits per heavy atom. The molecule has 3 saturated heterocycles. The number of hydrogen-bond acceptors (Lipinski definition) is 3. The van der Waals surface area contributed by atoms with Crippen molar-refractivity contribution in [2.75, 3.05) is 19.7 Å². The van der Waals surface area contributed by atoms with Crippen molar-refractivity contribution in [3.05, 3.63) is 0 Å². The van der Waals surface area contributed by atoms with Crippen LogP contribution in [0.1, 0.15) is 26.7 Å². The zero-order valence-corrected chi connectivity index (χ0v) is 8.58. The van der Waals surface area contributed by atoms with Gasteiger partial charge in [-0.25, -0.2) is 0 Å². The number of aliphatic hydroxyl groups is 1. The SMILES string of the molecule is CC(C)(CO)N1C[C@@H]2CC[C@@H]1CN2. The Labute approximate surface area is 80.1 Å². The first-order valence-electron chi connectivity index (χ1n) is 5.24. The molecule has 3 heteroatoms. The van der Waals surface area contributed by atoms with E-state index in [4.69, 9.17) is 0 Å². The third kappa shape index (κ3) is 1.60. The number of hydrogen-bond donors (Lipinski definition) is 2. The Hall–Kier alpha value is -0.120. The van der Waals surface area contributed by atoms with Crippen molar-refractivity contribution in [1.82, 2.24) is 10.2 Å². The Morgan fingerprint density at radius 3 is 2.62 bits per heavy atom. The maximum atomic E-state index is 9.31. The fourth-order valence-electron chi connectivity index (χ4n) is 2.54. The van der Waals surface area contributed by atoms with Crippen molar-refractivity contribution in [1.29, 1.82) is 0 Å². The fraction of sp³-hybridized carbons (Fsp3) is 1.00. The third-order valence-corrected chi connectivity index (χ3v) is 3.51. The number of piperazine rings is 1. The molecule has 0 aromatic rings. The number of rotatable bonds is 2. The Balaban J connectivity index is 2.08. The molecule has 2 bridgehead atoms. The monoisotopic (exact) mass is 184 g/mol. The largest absolute Gasteiger partial charge is 0.394 e. The molecule has 0 spiro atoms. The standard InChI is InChI=1S/C10H20N2O/c1-10(2,7-13)12-6-8-3-4-9(12)5-11-8/h8-9,11,13H,3-7H2,1-2H3/t8-,9+/m0/s1. The molecule has 76 valence electrons. The number of piperidine rings is 2. The first-order valence-corrected chi connectivity index (χ1v) is 5.24. The van der Waals surface area contributed by atoms with Crippen LogP contribution in [0.25, 0.3) is 0 Å². The predicted molar refractivity (Wildman–Crippen MR) is 52.7 cm³/mol. The van der Waals surface area contributed by atoms with Crippen molar-refractivity contribution >= 4 is 0 Å². The van der Waals surface area contributed by atoms with Gasteiger partial charge in [0.1, 0.15) is 0 Å². The van der Waals surface area contributed by atoms with Gasteiger partial charge >= 0.3 is 0 Å². The van der Waals surface area contributed by atoms with E-state index in [0.29, 0.717) is 12.1 Å². The summed E-state index contributed by atoms with van der Waals surface area (Å²) in [5, 5.41) is 12.8. The maximum absolute atomic E-state index is 9.31. The van der Waals surface area contributed by atoms with Gasteiger partial charge in [-0.2, -0.15) is 0 Å². The molecule has 0 saturated carbocycles. The molecule has 3 rings (SSSR count). The topological polar surface area (TPSA) is 35.5 Å². The number of nitrogens with one attached hydrogen (secondary N) is 1. The molecule has 0 unspecified atom stereocenters. The molecule has 3 heterocycles. The minimum Gasteiger partial charge on any atom is -0.394 e. The minimum atomic E-state index is -0.0363. The molecule has 3 aliphatic heterocycles. The van der Waals surface area contributed by atoms with Crippen LogP contribution in [0.2, 0.25) is 0 Å². The van der Waals surface area contributed by atoms with Gasteiger partial charge in [-0.1, -0.05) is 0 Å². The van der Waals surface area contributed by atoms with Gasteiger partial charge in [-0.15, -0.1) is 0 Å². The fourth-order valence-corrected chi connectivity index (χ4v) is 2.54. The lowest BCUT2D eigenvalue weighted by atomic mass is 9.88. The number of nitrogens with zero attached hydrogens (tertiary/aromatic N) is 1. The normalized spacial score (nSPS) is 35.3. The van der Waals surface area contributed by atoms with Crippen LogP contribution in [0.4, 0.5) is 0 Å². The van der Waals surface area contributed by atoms with Gasteiger partial charge in [0, 0.05) is 30.7 Å². The summed E-state index contributed by atoms with van der Waals surface area (Å²) in [5.41, 5.74) is -0.0363. The number of fused-ring (bicyclic) bond motifs is 3. The van der Waals surface area contributed by atoms with Gasteiger partial charge in [0.15, 0.2) is 0 Å². The molecule has 13 heavy (non-hydrogen) atoms. The average Bonchev–Trinajstić information content (AvgIpc) is 2.19. The average molecular weight is 184 g/mol. The van der Waals surface area contributed by atoms with E-state index in [-0.39, 0.29) is 12.1 Å². The van der Waals surface area contributed by atoms with E-state index in [1.54, 1.807) is 0 Å². The van der Waals surface area contributed by atoms with Crippen molar-refractivity contribution in [3.63, 3.8) is 0 Å². The summed E-state index contributed by atoms with van der Waals surface area (Å²) in [7, 11) is 0. The summed E-state index contributed by atoms with van der Waals surface area (Å²) in [6.45, 7) is 6.74. The molecule has 0 aliphatic carbocycles. The summed E-state index contributed by atoms with van der Waals surface area (Å²) in [4.78, 5) is 2.47. The van der Waals surface area contributed by atoms with Crippen LogP contribution in [0.15, 0.2) is 0 Å². The van der Waals surface area contributed by atoms with E-state index in [1.807, 2.05) is 0 Å². The highest BCUT2D eigenvalue weighted by Crippen LogP contribution is 2.28. The highest BCUT2D eigenvalue weighted by Gasteiger charge is 2.40. The van der Waals surface area contributed by atoms with Crippen molar-refractivity contribution in [2.45, 2.75) is 44.3 Å². The van der Waals surface area contributed by atoms with Gasteiger partial charge in [-0.3, -0.25) is 4.90 Å². The van der Waals surface area contributed by atoms with Crippen LogP contribution in [-0.4, -0.2) is 47.3 Å². The molecule has 0 aromatic heterocycles. The predicted octanol–water partition coefficient (Wildman–Crippen LogP) is 0.193. The van der Waals surface area contributed by atoms with Gasteiger partial charge in [0.2, 0.25) is 0 Å². The van der Waals surface area contributed by atoms with E-state index in [9.17, 15) is 5.11 Å². The van der Waals surface area contributed by atoms with E-state index >= 15 is 0 Å². The third-order valence-electron chi connectivity index (χ3n) is 3.51. The molecule has 0 aromatic carbocycles. The summed E-state index contributed by atoms with van der Waals surface area (Å²) >= 11 is 0. The van der Waals surface area contributed by atoms with E-state index in [0.717, 1.165) is 13.1 Å². The summed E-state index contributed by atoms with van der Waals surface area (Å²) in [6.07, 6.45) is 2.60. The zero-order valence-electron chi connectivity index (χ0n) is 8.58. The summed E-state index contributed by atoms with van der Waals surface area (Å²) < 4.78 is 0. The molecule has 0 amide bonds. The number of aliphatic hydroxyl groups excluding tert-OH is 1. The smallest absolute Gasteiger partial charge is 0.0610 e. The second kappa shape index (κ2) is 3.23. The van der Waals surface area contributed by atoms with Crippen LogP contribution < -0.4 is 5.32 Å². The van der Waals surface area contributed by atoms with Crippen LogP contribution in [-0.2, 0) is 0 Å². The van der Waals surface area contributed by atoms with Crippen LogP contribution >= 0.6 is 0 Å². The summed E-state index contributed by atoms with van der Waals surface area (Å²) in [6, 6.07) is 1.31. The second-order valence-corrected chi connectivity index (χ2v) is 4.96. The first-order chi connectivity index (χ1) is 6.13. The van der Waals surface area contributed by atoms with Crippen molar-refractivity contribution in [3.8, 4) is 0 Å². The van der Waals surface area contributed by atoms with Crippen molar-refractivity contribution in [2.24, 2.45) is 0 Å². The second-order valence-electron chi connectivity index (χ2n) is 4.96. The van der Waals surface area contributed by atoms with Gasteiger partial charge in [-0.05, 0) is 26.7 Å². The van der Waals surface area contributed by atoms with Crippen LogP contribution in [0, 0.1) is 0 Å². The lowest BCUT2D eigenvalue weighted by molar-refractivity contribution is -0.0310. The summed E-state index contributed by atoms with van der Waals surface area (Å²) in [5.74, 6) is 0. The quantitative estimate of drug-likeness (QED) is 0.643. The van der Waals surface area contributed by atoms with Crippen LogP contribution in [0.5, 0.6) is 0 Å². The van der Waals surface area contributed by atoms with E-state index < -0.39 is 0 Å². The highest BCUT2D eigenvalue weighted by atomic mass is 16.3. The molecular weight excluding hydrogens is 164 g/mol. The van der Waals surface area contributed by atoms with Gasteiger partial charge in [0.25, 0.3) is 0 Å². The zero-order chi connectivity index (χ0) is 9.47. The molecule has 2 atom stereocenters. The highest BCUT2D eigenvalue weighted by molar-refractivity contribution is 4.98.